The second-order valence-corrected chi connectivity index (χ2v) is 6.37. The van der Waals surface area contributed by atoms with Crippen LogP contribution in [-0.2, 0) is 11.2 Å². The molecule has 0 aliphatic rings. The van der Waals surface area contributed by atoms with Crippen molar-refractivity contribution in [3.63, 3.8) is 0 Å². The Morgan fingerprint density at radius 2 is 2.09 bits per heavy atom. The molecule has 0 unspecified atom stereocenters. The van der Waals surface area contributed by atoms with E-state index in [1.54, 1.807) is 18.3 Å². The smallest absolute Gasteiger partial charge is 0.230 e. The number of benzene rings is 1. The van der Waals surface area contributed by atoms with Crippen LogP contribution in [0.15, 0.2) is 46.2 Å². The fourth-order valence-corrected chi connectivity index (χ4v) is 3.12. The summed E-state index contributed by atoms with van der Waals surface area (Å²) in [6, 6.07) is 11.1. The molecule has 2 aromatic heterocycles. The van der Waals surface area contributed by atoms with Crippen LogP contribution in [0.4, 0.5) is 0 Å². The minimum Gasteiger partial charge on any atom is -0.425 e. The van der Waals surface area contributed by atoms with E-state index in [0.717, 1.165) is 10.4 Å². The van der Waals surface area contributed by atoms with Crippen LogP contribution in [0, 0.1) is 6.92 Å². The Morgan fingerprint density at radius 1 is 1.30 bits per heavy atom. The maximum Gasteiger partial charge on any atom is 0.230 e. The SMILES string of the molecule is Cc1nnc(CC(=O)N[C@@H](c2ccc(Cl)cc2)c2cccs2)o1. The third-order valence-electron chi connectivity index (χ3n) is 3.22. The van der Waals surface area contributed by atoms with Crippen molar-refractivity contribution in [2.24, 2.45) is 0 Å². The predicted octanol–water partition coefficient (Wildman–Crippen LogP) is 3.54. The Hall–Kier alpha value is -2.18. The molecule has 5 nitrogen and oxygen atoms in total. The minimum absolute atomic E-state index is 0.0519. The van der Waals surface area contributed by atoms with Gasteiger partial charge in [0.1, 0.15) is 6.42 Å². The van der Waals surface area contributed by atoms with Crippen molar-refractivity contribution in [3.8, 4) is 0 Å². The minimum atomic E-state index is -0.233. The number of aryl methyl sites for hydroxylation is 1. The molecular formula is C16H14ClN3O2S. The predicted molar refractivity (Wildman–Crippen MR) is 88.5 cm³/mol. The zero-order valence-corrected chi connectivity index (χ0v) is 13.9. The van der Waals surface area contributed by atoms with Crippen molar-refractivity contribution < 1.29 is 9.21 Å². The number of rotatable bonds is 5. The highest BCUT2D eigenvalue weighted by Gasteiger charge is 2.19. The molecule has 23 heavy (non-hydrogen) atoms. The highest BCUT2D eigenvalue weighted by atomic mass is 35.5. The number of amides is 1. The summed E-state index contributed by atoms with van der Waals surface area (Å²) < 4.78 is 5.25. The Kier molecular flexibility index (Phi) is 4.73. The Labute approximate surface area is 142 Å². The fourth-order valence-electron chi connectivity index (χ4n) is 2.19. The summed E-state index contributed by atoms with van der Waals surface area (Å²) in [5.41, 5.74) is 0.965. The average molecular weight is 348 g/mol. The van der Waals surface area contributed by atoms with E-state index in [1.807, 2.05) is 41.8 Å². The first-order chi connectivity index (χ1) is 11.1. The van der Waals surface area contributed by atoms with Crippen LogP contribution in [-0.4, -0.2) is 16.1 Å². The molecule has 3 rings (SSSR count). The Bertz CT molecular complexity index is 784. The average Bonchev–Trinajstić information content (AvgIpc) is 3.18. The molecule has 118 valence electrons. The van der Waals surface area contributed by atoms with Gasteiger partial charge in [0.15, 0.2) is 0 Å². The Morgan fingerprint density at radius 3 is 2.70 bits per heavy atom. The third-order valence-corrected chi connectivity index (χ3v) is 4.41. The molecule has 0 radical (unpaired) electrons. The number of hydrogen-bond acceptors (Lipinski definition) is 5. The monoisotopic (exact) mass is 347 g/mol. The van der Waals surface area contributed by atoms with Gasteiger partial charge in [-0.1, -0.05) is 29.8 Å². The molecule has 1 aromatic carbocycles. The molecule has 0 aliphatic carbocycles. The van der Waals surface area contributed by atoms with Crippen LogP contribution in [0.1, 0.15) is 28.3 Å². The Balaban J connectivity index is 1.78. The third kappa shape index (κ3) is 3.97. The number of carbonyl (C=O) groups excluding carboxylic acids is 1. The molecule has 1 atom stereocenters. The summed E-state index contributed by atoms with van der Waals surface area (Å²) in [5.74, 6) is 0.573. The van der Waals surface area contributed by atoms with Crippen LogP contribution < -0.4 is 5.32 Å². The first-order valence-corrected chi connectivity index (χ1v) is 8.25. The summed E-state index contributed by atoms with van der Waals surface area (Å²) in [7, 11) is 0. The lowest BCUT2D eigenvalue weighted by Crippen LogP contribution is -2.30. The van der Waals surface area contributed by atoms with Gasteiger partial charge in [-0.05, 0) is 29.1 Å². The van der Waals surface area contributed by atoms with E-state index in [1.165, 1.54) is 0 Å². The summed E-state index contributed by atoms with van der Waals surface area (Å²) in [6.07, 6.45) is 0.0519. The van der Waals surface area contributed by atoms with Gasteiger partial charge in [0, 0.05) is 16.8 Å². The zero-order chi connectivity index (χ0) is 16.2. The summed E-state index contributed by atoms with van der Waals surface area (Å²) in [5, 5.41) is 13.2. The number of hydrogen-bond donors (Lipinski definition) is 1. The fraction of sp³-hybridized carbons (Fsp3) is 0.188. The summed E-state index contributed by atoms with van der Waals surface area (Å²) in [4.78, 5) is 13.4. The van der Waals surface area contributed by atoms with Gasteiger partial charge in [-0.2, -0.15) is 0 Å². The molecule has 0 aliphatic heterocycles. The molecule has 0 spiro atoms. The van der Waals surface area contributed by atoms with Gasteiger partial charge in [-0.25, -0.2) is 0 Å². The number of thiophene rings is 1. The van der Waals surface area contributed by atoms with E-state index in [2.05, 4.69) is 15.5 Å². The molecule has 0 saturated carbocycles. The van der Waals surface area contributed by atoms with E-state index in [9.17, 15) is 4.79 Å². The first kappa shape index (κ1) is 15.7. The van der Waals surface area contributed by atoms with Crippen LogP contribution >= 0.6 is 22.9 Å². The lowest BCUT2D eigenvalue weighted by Gasteiger charge is -2.17. The normalized spacial score (nSPS) is 12.1. The lowest BCUT2D eigenvalue weighted by atomic mass is 10.1. The standard InChI is InChI=1S/C16H14ClN3O2S/c1-10-19-20-15(22-10)9-14(21)18-16(13-3-2-8-23-13)11-4-6-12(17)7-5-11/h2-8,16H,9H2,1H3,(H,18,21)/t16-/m0/s1. The lowest BCUT2D eigenvalue weighted by molar-refractivity contribution is -0.121. The molecule has 0 bridgehead atoms. The van der Waals surface area contributed by atoms with Crippen molar-refractivity contribution in [3.05, 3.63) is 69.0 Å². The van der Waals surface area contributed by atoms with E-state index in [0.29, 0.717) is 16.8 Å². The van der Waals surface area contributed by atoms with Crippen LogP contribution in [0.3, 0.4) is 0 Å². The highest BCUT2D eigenvalue weighted by Crippen LogP contribution is 2.27. The summed E-state index contributed by atoms with van der Waals surface area (Å²) in [6.45, 7) is 1.69. The van der Waals surface area contributed by atoms with Crippen molar-refractivity contribution in [2.75, 3.05) is 0 Å². The second-order valence-electron chi connectivity index (χ2n) is 4.96. The van der Waals surface area contributed by atoms with Crippen LogP contribution in [0.2, 0.25) is 5.02 Å². The number of nitrogens with one attached hydrogen (secondary N) is 1. The molecular weight excluding hydrogens is 334 g/mol. The number of halogens is 1. The van der Waals surface area contributed by atoms with Crippen molar-refractivity contribution >= 4 is 28.8 Å². The summed E-state index contributed by atoms with van der Waals surface area (Å²) >= 11 is 7.53. The van der Waals surface area contributed by atoms with Gasteiger partial charge in [-0.15, -0.1) is 21.5 Å². The topological polar surface area (TPSA) is 68.0 Å². The number of aromatic nitrogens is 2. The maximum absolute atomic E-state index is 12.3. The number of carbonyl (C=O) groups is 1. The quantitative estimate of drug-likeness (QED) is 0.766. The van der Waals surface area contributed by atoms with Gasteiger partial charge in [-0.3, -0.25) is 4.79 Å². The maximum atomic E-state index is 12.3. The molecule has 1 N–H and O–H groups in total. The molecule has 0 saturated heterocycles. The van der Waals surface area contributed by atoms with Gasteiger partial charge in [0.2, 0.25) is 17.7 Å². The van der Waals surface area contributed by atoms with Crippen LogP contribution in [0.5, 0.6) is 0 Å². The van der Waals surface area contributed by atoms with E-state index in [-0.39, 0.29) is 18.4 Å². The molecule has 2 heterocycles. The van der Waals surface area contributed by atoms with E-state index < -0.39 is 0 Å². The second kappa shape index (κ2) is 6.93. The molecule has 3 aromatic rings. The zero-order valence-electron chi connectivity index (χ0n) is 12.3. The van der Waals surface area contributed by atoms with Crippen molar-refractivity contribution in [1.82, 2.24) is 15.5 Å². The van der Waals surface area contributed by atoms with Gasteiger partial charge >= 0.3 is 0 Å². The largest absolute Gasteiger partial charge is 0.425 e. The van der Waals surface area contributed by atoms with Gasteiger partial charge < -0.3 is 9.73 Å². The van der Waals surface area contributed by atoms with Crippen molar-refractivity contribution in [2.45, 2.75) is 19.4 Å². The first-order valence-electron chi connectivity index (χ1n) is 6.99. The van der Waals surface area contributed by atoms with Crippen molar-refractivity contribution in [1.29, 1.82) is 0 Å². The van der Waals surface area contributed by atoms with E-state index >= 15 is 0 Å². The van der Waals surface area contributed by atoms with Gasteiger partial charge in [0.05, 0.1) is 6.04 Å². The van der Waals surface area contributed by atoms with Crippen LogP contribution in [0.25, 0.3) is 0 Å². The number of nitrogens with zero attached hydrogens (tertiary/aromatic N) is 2. The van der Waals surface area contributed by atoms with E-state index in [4.69, 9.17) is 16.0 Å². The van der Waals surface area contributed by atoms with Gasteiger partial charge in [0.25, 0.3) is 0 Å². The molecule has 1 amide bonds. The molecule has 0 fully saturated rings. The molecule has 7 heteroatoms. The highest BCUT2D eigenvalue weighted by molar-refractivity contribution is 7.10.